The van der Waals surface area contributed by atoms with Gasteiger partial charge < -0.3 is 10.6 Å². The molecule has 2 N–H and O–H groups in total. The molecule has 1 atom stereocenters. The highest BCUT2D eigenvalue weighted by atomic mass is 19.1. The SMILES string of the molecule is CCCc1c(N)ncnc1N(C)C(C)c1ccccc1F. The fourth-order valence-electron chi connectivity index (χ4n) is 2.42. The summed E-state index contributed by atoms with van der Waals surface area (Å²) in [4.78, 5) is 10.3. The Morgan fingerprint density at radius 1 is 1.29 bits per heavy atom. The Balaban J connectivity index is 2.38. The summed E-state index contributed by atoms with van der Waals surface area (Å²) in [6.07, 6.45) is 3.21. The molecule has 1 aromatic heterocycles. The molecule has 0 aliphatic carbocycles. The molecule has 5 heteroatoms. The summed E-state index contributed by atoms with van der Waals surface area (Å²) in [5, 5.41) is 0. The fourth-order valence-corrected chi connectivity index (χ4v) is 2.42. The summed E-state index contributed by atoms with van der Waals surface area (Å²) in [6.45, 7) is 4.03. The van der Waals surface area contributed by atoms with Gasteiger partial charge in [0.25, 0.3) is 0 Å². The van der Waals surface area contributed by atoms with Crippen molar-refractivity contribution in [2.24, 2.45) is 0 Å². The van der Waals surface area contributed by atoms with E-state index in [1.54, 1.807) is 12.1 Å². The molecule has 2 rings (SSSR count). The number of benzene rings is 1. The highest BCUT2D eigenvalue weighted by molar-refractivity contribution is 5.57. The fraction of sp³-hybridized carbons (Fsp3) is 0.375. The molecule has 1 aromatic carbocycles. The Morgan fingerprint density at radius 2 is 2.00 bits per heavy atom. The zero-order chi connectivity index (χ0) is 15.4. The number of hydrogen-bond acceptors (Lipinski definition) is 4. The lowest BCUT2D eigenvalue weighted by Crippen LogP contribution is -2.25. The van der Waals surface area contributed by atoms with E-state index in [2.05, 4.69) is 16.9 Å². The van der Waals surface area contributed by atoms with E-state index in [9.17, 15) is 4.39 Å². The molecule has 0 radical (unpaired) electrons. The Morgan fingerprint density at radius 3 is 2.67 bits per heavy atom. The maximum absolute atomic E-state index is 14.0. The molecule has 4 nitrogen and oxygen atoms in total. The van der Waals surface area contributed by atoms with E-state index in [1.165, 1.54) is 12.4 Å². The molecule has 112 valence electrons. The maximum atomic E-state index is 14.0. The van der Waals surface area contributed by atoms with Crippen LogP contribution in [0.25, 0.3) is 0 Å². The molecule has 0 aliphatic heterocycles. The van der Waals surface area contributed by atoms with E-state index in [1.807, 2.05) is 24.9 Å². The zero-order valence-corrected chi connectivity index (χ0v) is 12.7. The van der Waals surface area contributed by atoms with Crippen molar-refractivity contribution in [2.45, 2.75) is 32.7 Å². The Kier molecular flexibility index (Phi) is 4.73. The molecule has 0 amide bonds. The monoisotopic (exact) mass is 288 g/mol. The van der Waals surface area contributed by atoms with Gasteiger partial charge in [-0.2, -0.15) is 0 Å². The standard InChI is InChI=1S/C16H21FN4/c1-4-7-13-15(18)19-10-20-16(13)21(3)11(2)12-8-5-6-9-14(12)17/h5-6,8-11H,4,7H2,1-3H3,(H2,18,19,20). The second kappa shape index (κ2) is 6.52. The largest absolute Gasteiger partial charge is 0.383 e. The van der Waals surface area contributed by atoms with Crippen molar-refractivity contribution in [1.82, 2.24) is 9.97 Å². The molecule has 1 unspecified atom stereocenters. The van der Waals surface area contributed by atoms with Gasteiger partial charge in [-0.1, -0.05) is 31.5 Å². The van der Waals surface area contributed by atoms with Crippen molar-refractivity contribution in [3.8, 4) is 0 Å². The first-order valence-electron chi connectivity index (χ1n) is 7.12. The lowest BCUT2D eigenvalue weighted by atomic mass is 10.1. The average Bonchev–Trinajstić information content (AvgIpc) is 2.48. The summed E-state index contributed by atoms with van der Waals surface area (Å²) in [7, 11) is 1.90. The molecular formula is C16H21FN4. The Bertz CT molecular complexity index is 615. The van der Waals surface area contributed by atoms with E-state index < -0.39 is 0 Å². The average molecular weight is 288 g/mol. The summed E-state index contributed by atoms with van der Waals surface area (Å²) >= 11 is 0. The molecule has 1 heterocycles. The minimum absolute atomic E-state index is 0.142. The van der Waals surface area contributed by atoms with Gasteiger partial charge in [-0.25, -0.2) is 14.4 Å². The summed E-state index contributed by atoms with van der Waals surface area (Å²) in [5.41, 5.74) is 7.52. The molecule has 0 saturated heterocycles. The van der Waals surface area contributed by atoms with Crippen molar-refractivity contribution in [1.29, 1.82) is 0 Å². The van der Waals surface area contributed by atoms with Gasteiger partial charge in [0.2, 0.25) is 0 Å². The molecular weight excluding hydrogens is 267 g/mol. The van der Waals surface area contributed by atoms with E-state index in [0.717, 1.165) is 24.2 Å². The predicted octanol–water partition coefficient (Wildman–Crippen LogP) is 3.35. The van der Waals surface area contributed by atoms with Crippen LogP contribution in [0, 0.1) is 5.82 Å². The van der Waals surface area contributed by atoms with Gasteiger partial charge in [0.15, 0.2) is 0 Å². The van der Waals surface area contributed by atoms with Gasteiger partial charge in [-0.15, -0.1) is 0 Å². The molecule has 0 bridgehead atoms. The highest BCUT2D eigenvalue weighted by Gasteiger charge is 2.20. The first kappa shape index (κ1) is 15.2. The van der Waals surface area contributed by atoms with E-state index >= 15 is 0 Å². The van der Waals surface area contributed by atoms with Crippen LogP contribution in [-0.2, 0) is 6.42 Å². The third-order valence-corrected chi connectivity index (χ3v) is 3.73. The third-order valence-electron chi connectivity index (χ3n) is 3.73. The summed E-state index contributed by atoms with van der Waals surface area (Å²) in [5.74, 6) is 1.05. The molecule has 2 aromatic rings. The van der Waals surface area contributed by atoms with Crippen molar-refractivity contribution in [3.63, 3.8) is 0 Å². The van der Waals surface area contributed by atoms with Crippen LogP contribution in [0.15, 0.2) is 30.6 Å². The van der Waals surface area contributed by atoms with Gasteiger partial charge in [0, 0.05) is 18.2 Å². The first-order valence-corrected chi connectivity index (χ1v) is 7.12. The number of nitrogens with two attached hydrogens (primary N) is 1. The molecule has 0 saturated carbocycles. The summed E-state index contributed by atoms with van der Waals surface area (Å²) in [6, 6.07) is 6.65. The van der Waals surface area contributed by atoms with Crippen LogP contribution >= 0.6 is 0 Å². The highest BCUT2D eigenvalue weighted by Crippen LogP contribution is 2.30. The Hall–Kier alpha value is -2.17. The second-order valence-electron chi connectivity index (χ2n) is 5.12. The Labute approximate surface area is 124 Å². The first-order chi connectivity index (χ1) is 10.1. The van der Waals surface area contributed by atoms with Crippen LogP contribution < -0.4 is 10.6 Å². The van der Waals surface area contributed by atoms with Gasteiger partial charge in [-0.05, 0) is 19.4 Å². The molecule has 21 heavy (non-hydrogen) atoms. The van der Waals surface area contributed by atoms with Crippen molar-refractivity contribution in [2.75, 3.05) is 17.7 Å². The molecule has 0 spiro atoms. The molecule has 0 aliphatic rings. The number of anilines is 2. The number of nitrogen functional groups attached to an aromatic ring is 1. The van der Waals surface area contributed by atoms with Crippen LogP contribution in [0.3, 0.4) is 0 Å². The molecule has 0 fully saturated rings. The van der Waals surface area contributed by atoms with E-state index in [-0.39, 0.29) is 11.9 Å². The van der Waals surface area contributed by atoms with E-state index in [0.29, 0.717) is 11.4 Å². The van der Waals surface area contributed by atoms with Crippen molar-refractivity contribution >= 4 is 11.6 Å². The summed E-state index contributed by atoms with van der Waals surface area (Å²) < 4.78 is 14.0. The topological polar surface area (TPSA) is 55.0 Å². The lowest BCUT2D eigenvalue weighted by molar-refractivity contribution is 0.583. The minimum Gasteiger partial charge on any atom is -0.383 e. The van der Waals surface area contributed by atoms with E-state index in [4.69, 9.17) is 5.73 Å². The van der Waals surface area contributed by atoms with Crippen LogP contribution in [-0.4, -0.2) is 17.0 Å². The predicted molar refractivity (Wildman–Crippen MR) is 83.7 cm³/mol. The number of rotatable bonds is 5. The van der Waals surface area contributed by atoms with Gasteiger partial charge in [-0.3, -0.25) is 0 Å². The minimum atomic E-state index is -0.212. The lowest BCUT2D eigenvalue weighted by Gasteiger charge is -2.28. The van der Waals surface area contributed by atoms with Crippen LogP contribution in [0.1, 0.15) is 37.4 Å². The third kappa shape index (κ3) is 3.12. The van der Waals surface area contributed by atoms with Crippen molar-refractivity contribution < 1.29 is 4.39 Å². The normalized spacial score (nSPS) is 12.2. The van der Waals surface area contributed by atoms with Crippen molar-refractivity contribution in [3.05, 3.63) is 47.5 Å². The van der Waals surface area contributed by atoms with Gasteiger partial charge in [0.1, 0.15) is 23.8 Å². The zero-order valence-electron chi connectivity index (χ0n) is 12.7. The van der Waals surface area contributed by atoms with Gasteiger partial charge in [0.05, 0.1) is 6.04 Å². The number of hydrogen-bond donors (Lipinski definition) is 1. The van der Waals surface area contributed by atoms with Gasteiger partial charge >= 0.3 is 0 Å². The second-order valence-corrected chi connectivity index (χ2v) is 5.12. The smallest absolute Gasteiger partial charge is 0.137 e. The number of aromatic nitrogens is 2. The number of halogens is 1. The number of nitrogens with zero attached hydrogens (tertiary/aromatic N) is 3. The van der Waals surface area contributed by atoms with Crippen LogP contribution in [0.5, 0.6) is 0 Å². The quantitative estimate of drug-likeness (QED) is 0.916. The maximum Gasteiger partial charge on any atom is 0.137 e. The van der Waals surface area contributed by atoms with Crippen LogP contribution in [0.4, 0.5) is 16.0 Å². The van der Waals surface area contributed by atoms with Crippen LogP contribution in [0.2, 0.25) is 0 Å².